The quantitative estimate of drug-likeness (QED) is 0.906. The van der Waals surface area contributed by atoms with Crippen molar-refractivity contribution in [2.45, 2.75) is 28.2 Å². The molecule has 7 heteroatoms. The zero-order valence-corrected chi connectivity index (χ0v) is 14.0. The highest BCUT2D eigenvalue weighted by Gasteiger charge is 2.14. The van der Waals surface area contributed by atoms with Gasteiger partial charge in [-0.25, -0.2) is 8.42 Å². The minimum absolute atomic E-state index is 0.329. The van der Waals surface area contributed by atoms with E-state index in [-0.39, 0.29) is 0 Å². The van der Waals surface area contributed by atoms with Crippen LogP contribution in [0.3, 0.4) is 0 Å². The van der Waals surface area contributed by atoms with E-state index in [1.54, 1.807) is 23.9 Å². The molecule has 0 spiro atoms. The van der Waals surface area contributed by atoms with Gasteiger partial charge >= 0.3 is 0 Å². The maximum absolute atomic E-state index is 11.5. The lowest BCUT2D eigenvalue weighted by Gasteiger charge is -2.06. The molecule has 0 aliphatic rings. The molecule has 0 unspecified atom stereocenters. The van der Waals surface area contributed by atoms with Gasteiger partial charge in [0.25, 0.3) is 0 Å². The van der Waals surface area contributed by atoms with Crippen LogP contribution < -0.4 is 5.73 Å². The number of nitrogens with two attached hydrogens (primary N) is 1. The maximum atomic E-state index is 11.5. The summed E-state index contributed by atoms with van der Waals surface area (Å²) in [6.45, 7) is 2.55. The second-order valence-corrected chi connectivity index (χ2v) is 7.95. The highest BCUT2D eigenvalue weighted by molar-refractivity contribution is 7.99. The number of rotatable bonds is 5. The van der Waals surface area contributed by atoms with E-state index in [4.69, 9.17) is 5.73 Å². The first-order valence-corrected chi connectivity index (χ1v) is 9.24. The number of sulfone groups is 1. The molecule has 114 valence electrons. The first-order valence-electron chi connectivity index (χ1n) is 6.53. The van der Waals surface area contributed by atoms with E-state index in [1.807, 2.05) is 30.8 Å². The first kappa shape index (κ1) is 16.1. The van der Waals surface area contributed by atoms with Crippen molar-refractivity contribution in [1.82, 2.24) is 9.78 Å². The van der Waals surface area contributed by atoms with Gasteiger partial charge in [0, 0.05) is 23.8 Å². The third-order valence-corrected chi connectivity index (χ3v) is 5.49. The van der Waals surface area contributed by atoms with Crippen LogP contribution in [0, 0.1) is 6.92 Å². The Balaban J connectivity index is 2.30. The van der Waals surface area contributed by atoms with Gasteiger partial charge < -0.3 is 5.73 Å². The van der Waals surface area contributed by atoms with Crippen molar-refractivity contribution in [2.75, 3.05) is 12.8 Å². The lowest BCUT2D eigenvalue weighted by Crippen LogP contribution is -2.04. The summed E-state index contributed by atoms with van der Waals surface area (Å²) in [4.78, 5) is 1.30. The largest absolute Gasteiger partial charge is 0.330 e. The SMILES string of the molecule is Cc1nn(C)c(Sc2ccc(S(C)(=O)=O)cc2)c1CCN. The molecule has 2 N–H and O–H groups in total. The van der Waals surface area contributed by atoms with Gasteiger partial charge in [-0.15, -0.1) is 0 Å². The lowest BCUT2D eigenvalue weighted by molar-refractivity contribution is 0.602. The summed E-state index contributed by atoms with van der Waals surface area (Å²) >= 11 is 1.57. The zero-order valence-electron chi connectivity index (χ0n) is 12.3. The molecule has 0 aliphatic carbocycles. The molecule has 5 nitrogen and oxygen atoms in total. The van der Waals surface area contributed by atoms with Crippen molar-refractivity contribution < 1.29 is 8.42 Å². The molecule has 2 rings (SSSR count). The molecule has 0 saturated carbocycles. The predicted molar refractivity (Wildman–Crippen MR) is 84.4 cm³/mol. The summed E-state index contributed by atoms with van der Waals surface area (Å²) < 4.78 is 24.8. The van der Waals surface area contributed by atoms with Crippen LogP contribution in [-0.4, -0.2) is 31.0 Å². The molecular weight excluding hydrogens is 306 g/mol. The number of aryl methyl sites for hydroxylation is 2. The van der Waals surface area contributed by atoms with Gasteiger partial charge in [-0.1, -0.05) is 11.8 Å². The number of hydrogen-bond donors (Lipinski definition) is 1. The van der Waals surface area contributed by atoms with Crippen LogP contribution >= 0.6 is 11.8 Å². The van der Waals surface area contributed by atoms with Gasteiger partial charge in [0.05, 0.1) is 10.6 Å². The van der Waals surface area contributed by atoms with Gasteiger partial charge in [0.2, 0.25) is 0 Å². The molecule has 0 atom stereocenters. The molecule has 0 bridgehead atoms. The predicted octanol–water partition coefficient (Wildman–Crippen LogP) is 1.78. The summed E-state index contributed by atoms with van der Waals surface area (Å²) in [5, 5.41) is 5.47. The van der Waals surface area contributed by atoms with E-state index in [0.717, 1.165) is 27.6 Å². The van der Waals surface area contributed by atoms with E-state index in [0.29, 0.717) is 11.4 Å². The Morgan fingerprint density at radius 2 is 1.90 bits per heavy atom. The Morgan fingerprint density at radius 1 is 1.29 bits per heavy atom. The van der Waals surface area contributed by atoms with Crippen molar-refractivity contribution in [3.05, 3.63) is 35.5 Å². The fourth-order valence-corrected chi connectivity index (χ4v) is 3.78. The highest BCUT2D eigenvalue weighted by Crippen LogP contribution is 2.32. The third-order valence-electron chi connectivity index (χ3n) is 3.15. The topological polar surface area (TPSA) is 78.0 Å². The molecule has 0 radical (unpaired) electrons. The van der Waals surface area contributed by atoms with Crippen LogP contribution in [0.15, 0.2) is 39.1 Å². The number of hydrogen-bond acceptors (Lipinski definition) is 5. The fourth-order valence-electron chi connectivity index (χ4n) is 2.11. The summed E-state index contributed by atoms with van der Waals surface area (Å²) in [5.41, 5.74) is 7.79. The van der Waals surface area contributed by atoms with Gasteiger partial charge in [-0.05, 0) is 44.2 Å². The van der Waals surface area contributed by atoms with Gasteiger partial charge in [-0.3, -0.25) is 4.68 Å². The fraction of sp³-hybridized carbons (Fsp3) is 0.357. The molecular formula is C14H19N3O2S2. The van der Waals surface area contributed by atoms with E-state index < -0.39 is 9.84 Å². The first-order chi connectivity index (χ1) is 9.82. The van der Waals surface area contributed by atoms with Gasteiger partial charge in [-0.2, -0.15) is 5.10 Å². The standard InChI is InChI=1S/C14H19N3O2S2/c1-10-13(8-9-15)14(17(2)16-10)20-11-4-6-12(7-5-11)21(3,18)19/h4-7H,8-9,15H2,1-3H3. The van der Waals surface area contributed by atoms with Crippen molar-refractivity contribution in [3.8, 4) is 0 Å². The van der Waals surface area contributed by atoms with Gasteiger partial charge in [0.1, 0.15) is 5.03 Å². The van der Waals surface area contributed by atoms with Crippen LogP contribution in [0.25, 0.3) is 0 Å². The monoisotopic (exact) mass is 325 g/mol. The minimum atomic E-state index is -3.16. The molecule has 1 heterocycles. The normalized spacial score (nSPS) is 11.8. The number of nitrogens with zero attached hydrogens (tertiary/aromatic N) is 2. The van der Waals surface area contributed by atoms with E-state index in [1.165, 1.54) is 6.26 Å². The Bertz CT molecular complexity index is 734. The van der Waals surface area contributed by atoms with Crippen molar-refractivity contribution in [2.24, 2.45) is 12.8 Å². The second kappa shape index (κ2) is 6.21. The van der Waals surface area contributed by atoms with E-state index >= 15 is 0 Å². The number of benzene rings is 1. The van der Waals surface area contributed by atoms with E-state index in [2.05, 4.69) is 5.10 Å². The molecule has 21 heavy (non-hydrogen) atoms. The third kappa shape index (κ3) is 3.66. The lowest BCUT2D eigenvalue weighted by atomic mass is 10.2. The maximum Gasteiger partial charge on any atom is 0.175 e. The van der Waals surface area contributed by atoms with Crippen LogP contribution in [0.1, 0.15) is 11.3 Å². The molecule has 0 amide bonds. The van der Waals surface area contributed by atoms with Crippen molar-refractivity contribution in [1.29, 1.82) is 0 Å². The molecule has 1 aromatic heterocycles. The summed E-state index contributed by atoms with van der Waals surface area (Å²) in [7, 11) is -1.25. The Kier molecular flexibility index (Phi) is 4.75. The average Bonchev–Trinajstić information content (AvgIpc) is 2.66. The Morgan fingerprint density at radius 3 is 2.43 bits per heavy atom. The Labute approximate surface area is 129 Å². The molecule has 0 saturated heterocycles. The van der Waals surface area contributed by atoms with Crippen LogP contribution in [0.5, 0.6) is 0 Å². The zero-order chi connectivity index (χ0) is 15.6. The highest BCUT2D eigenvalue weighted by atomic mass is 32.2. The summed E-state index contributed by atoms with van der Waals surface area (Å²) in [6, 6.07) is 6.89. The number of aromatic nitrogens is 2. The minimum Gasteiger partial charge on any atom is -0.330 e. The van der Waals surface area contributed by atoms with Crippen LogP contribution in [-0.2, 0) is 23.3 Å². The second-order valence-electron chi connectivity index (χ2n) is 4.88. The smallest absolute Gasteiger partial charge is 0.175 e. The van der Waals surface area contributed by atoms with Crippen molar-refractivity contribution >= 4 is 21.6 Å². The molecule has 0 aliphatic heterocycles. The summed E-state index contributed by atoms with van der Waals surface area (Å²) in [5.74, 6) is 0. The van der Waals surface area contributed by atoms with Crippen molar-refractivity contribution in [3.63, 3.8) is 0 Å². The Hall–Kier alpha value is -1.31. The van der Waals surface area contributed by atoms with Gasteiger partial charge in [0.15, 0.2) is 9.84 Å². The van der Waals surface area contributed by atoms with E-state index in [9.17, 15) is 8.42 Å². The summed E-state index contributed by atoms with van der Waals surface area (Å²) in [6.07, 6.45) is 1.99. The van der Waals surface area contributed by atoms with Crippen LogP contribution in [0.2, 0.25) is 0 Å². The molecule has 0 fully saturated rings. The molecule has 2 aromatic rings. The molecule has 1 aromatic carbocycles. The average molecular weight is 325 g/mol. The van der Waals surface area contributed by atoms with Crippen LogP contribution in [0.4, 0.5) is 0 Å².